The molecule has 74 heavy (non-hydrogen) atoms. The number of hydrogen-bond acceptors (Lipinski definition) is 2. The normalized spacial score (nSPS) is 16.5. The van der Waals surface area contributed by atoms with Gasteiger partial charge in [-0.05, 0) is 198 Å². The van der Waals surface area contributed by atoms with Crippen molar-refractivity contribution < 1.29 is 0 Å². The Morgan fingerprint density at radius 3 is 0.946 bits per heavy atom. The van der Waals surface area contributed by atoms with Crippen LogP contribution in [0.4, 0.5) is 11.4 Å². The monoisotopic (exact) mass is 975 g/mol. The van der Waals surface area contributed by atoms with E-state index >= 15 is 0 Å². The Morgan fingerprint density at radius 1 is 0.324 bits per heavy atom. The molecule has 6 aromatic carbocycles. The summed E-state index contributed by atoms with van der Waals surface area (Å²) in [5.41, 5.74) is 31.6. The van der Waals surface area contributed by atoms with Crippen LogP contribution in [-0.4, -0.2) is 0 Å². The molecule has 380 valence electrons. The average Bonchev–Trinajstić information content (AvgIpc) is 3.68. The van der Waals surface area contributed by atoms with Crippen LogP contribution in [0.25, 0.3) is 44.5 Å². The molecule has 0 saturated carbocycles. The number of hydrogen-bond donors (Lipinski definition) is 0. The molecule has 4 aliphatic rings. The zero-order chi connectivity index (χ0) is 53.6. The molecule has 0 saturated heterocycles. The second kappa shape index (κ2) is 17.1. The summed E-state index contributed by atoms with van der Waals surface area (Å²) in [6.07, 6.45) is 18.2. The molecule has 0 bridgehead atoms. The predicted molar refractivity (Wildman–Crippen MR) is 321 cm³/mol. The van der Waals surface area contributed by atoms with E-state index in [1.807, 2.05) is 0 Å². The van der Waals surface area contributed by atoms with E-state index in [1.54, 1.807) is 0 Å². The van der Waals surface area contributed by atoms with Gasteiger partial charge in [0, 0.05) is 46.8 Å². The van der Waals surface area contributed by atoms with Crippen LogP contribution in [0.2, 0.25) is 0 Å². The van der Waals surface area contributed by atoms with Gasteiger partial charge in [-0.2, -0.15) is 0 Å². The number of rotatable bonds is 4. The van der Waals surface area contributed by atoms with Gasteiger partial charge in [-0.25, -0.2) is 0 Å². The zero-order valence-corrected chi connectivity index (χ0v) is 48.6. The highest BCUT2D eigenvalue weighted by atomic mass is 15.1. The third-order valence-electron chi connectivity index (χ3n) is 17.0. The number of aryl methyl sites for hydroxylation is 4. The van der Waals surface area contributed by atoms with Gasteiger partial charge in [-0.3, -0.25) is 0 Å². The maximum atomic E-state index is 2.52. The van der Waals surface area contributed by atoms with Crippen LogP contribution in [0.3, 0.4) is 0 Å². The second-order valence-electron chi connectivity index (χ2n) is 27.6. The molecule has 0 aromatic heterocycles. The van der Waals surface area contributed by atoms with Gasteiger partial charge >= 0.3 is 0 Å². The Kier molecular flexibility index (Phi) is 11.8. The van der Waals surface area contributed by atoms with Crippen molar-refractivity contribution >= 4 is 11.4 Å². The van der Waals surface area contributed by atoms with Crippen molar-refractivity contribution in [3.05, 3.63) is 212 Å². The Balaban J connectivity index is 1.03. The molecule has 0 atom stereocenters. The lowest BCUT2D eigenvalue weighted by Gasteiger charge is -2.30. The number of benzene rings is 6. The van der Waals surface area contributed by atoms with Gasteiger partial charge in [0.1, 0.15) is 0 Å². The summed E-state index contributed by atoms with van der Waals surface area (Å²) in [5, 5.41) is 0. The zero-order valence-electron chi connectivity index (χ0n) is 48.6. The highest BCUT2D eigenvalue weighted by Gasteiger charge is 2.41. The van der Waals surface area contributed by atoms with Crippen LogP contribution < -0.4 is 9.80 Å². The van der Waals surface area contributed by atoms with Gasteiger partial charge in [0.05, 0.1) is 11.4 Å². The van der Waals surface area contributed by atoms with Crippen molar-refractivity contribution in [3.8, 4) is 44.5 Å². The fourth-order valence-electron chi connectivity index (χ4n) is 12.5. The molecule has 2 nitrogen and oxygen atoms in total. The van der Waals surface area contributed by atoms with E-state index in [9.17, 15) is 0 Å². The largest absolute Gasteiger partial charge is 0.323 e. The Morgan fingerprint density at radius 2 is 0.635 bits per heavy atom. The maximum Gasteiger partial charge on any atom is 0.0557 e. The molecule has 0 fully saturated rings. The van der Waals surface area contributed by atoms with Crippen LogP contribution >= 0.6 is 0 Å². The Labute approximate surface area is 446 Å². The molecule has 2 aliphatic carbocycles. The third-order valence-corrected chi connectivity index (χ3v) is 17.0. The van der Waals surface area contributed by atoms with Crippen LogP contribution in [0.5, 0.6) is 0 Å². The SMILES string of the molecule is Cc1cc(C)c(N2C=CC(=C3C=CN(c4c(C)cc(C)cc4-c4cc(C(C)(C)C)cc5c4-c4ccc(C(C)(C)C)cc4C5(C)C)C=C3)C=C2)c(-c2cc(C(C)(C)C)cc3c2-c2ccc(C(C)(C)C)cc2C3(C)C)c1. The van der Waals surface area contributed by atoms with E-state index in [2.05, 4.69) is 282 Å². The van der Waals surface area contributed by atoms with Gasteiger partial charge in [-0.1, -0.05) is 183 Å². The predicted octanol–water partition coefficient (Wildman–Crippen LogP) is 19.7. The van der Waals surface area contributed by atoms with Crippen molar-refractivity contribution in [3.63, 3.8) is 0 Å². The summed E-state index contributed by atoms with van der Waals surface area (Å²) in [5.74, 6) is 0. The molecule has 2 aliphatic heterocycles. The van der Waals surface area contributed by atoms with E-state index in [0.717, 1.165) is 0 Å². The van der Waals surface area contributed by atoms with Crippen LogP contribution in [0.15, 0.2) is 145 Å². The van der Waals surface area contributed by atoms with E-state index in [4.69, 9.17) is 0 Å². The summed E-state index contributed by atoms with van der Waals surface area (Å²) in [4.78, 5) is 4.71. The second-order valence-corrected chi connectivity index (χ2v) is 27.6. The molecule has 2 heteroatoms. The first-order valence-corrected chi connectivity index (χ1v) is 27.3. The summed E-state index contributed by atoms with van der Waals surface area (Å²) in [6.45, 7) is 46.8. The smallest absolute Gasteiger partial charge is 0.0557 e. The summed E-state index contributed by atoms with van der Waals surface area (Å²) in [6, 6.07) is 34.1. The van der Waals surface area contributed by atoms with Crippen molar-refractivity contribution in [2.75, 3.05) is 9.80 Å². The Bertz CT molecular complexity index is 3240. The quantitative estimate of drug-likeness (QED) is 0.174. The first-order chi connectivity index (χ1) is 34.3. The number of nitrogens with zero attached hydrogens (tertiary/aromatic N) is 2. The average molecular weight is 975 g/mol. The lowest BCUT2D eigenvalue weighted by Crippen LogP contribution is -2.19. The molecule has 0 N–H and O–H groups in total. The maximum absolute atomic E-state index is 2.52. The van der Waals surface area contributed by atoms with Gasteiger partial charge in [0.2, 0.25) is 0 Å². The van der Waals surface area contributed by atoms with Crippen molar-refractivity contribution in [1.82, 2.24) is 0 Å². The van der Waals surface area contributed by atoms with Gasteiger partial charge in [-0.15, -0.1) is 0 Å². The number of allylic oxidation sites excluding steroid dienone is 6. The molecular formula is C72H82N2. The molecule has 0 radical (unpaired) electrons. The van der Waals surface area contributed by atoms with E-state index in [0.29, 0.717) is 0 Å². The number of fused-ring (bicyclic) bond motifs is 6. The molecular weight excluding hydrogens is 893 g/mol. The van der Waals surface area contributed by atoms with E-state index in [-0.39, 0.29) is 32.5 Å². The van der Waals surface area contributed by atoms with Crippen LogP contribution in [0, 0.1) is 27.7 Å². The summed E-state index contributed by atoms with van der Waals surface area (Å²) >= 11 is 0. The minimum absolute atomic E-state index is 0.0237. The van der Waals surface area contributed by atoms with Gasteiger partial charge < -0.3 is 9.80 Å². The van der Waals surface area contributed by atoms with Crippen molar-refractivity contribution in [2.24, 2.45) is 0 Å². The summed E-state index contributed by atoms with van der Waals surface area (Å²) in [7, 11) is 0. The lowest BCUT2D eigenvalue weighted by atomic mass is 9.76. The fourth-order valence-corrected chi connectivity index (χ4v) is 12.5. The third kappa shape index (κ3) is 8.49. The molecule has 0 amide bonds. The highest BCUT2D eigenvalue weighted by molar-refractivity contribution is 5.99. The topological polar surface area (TPSA) is 6.48 Å². The highest BCUT2D eigenvalue weighted by Crippen LogP contribution is 2.58. The molecule has 6 aromatic rings. The number of anilines is 2. The lowest BCUT2D eigenvalue weighted by molar-refractivity contribution is 0.579. The first-order valence-electron chi connectivity index (χ1n) is 27.3. The standard InChI is InChI=1S/C72H82N2/c1-43-33-45(3)65(57(35-43)55-37-51(69(11,12)13)41-61-63(55)53-23-21-49(67(5,6)7)39-59(53)71(61,17)18)73-29-25-47(26-30-73)48-27-31-74(32-28-48)66-46(4)34-44(2)36-58(66)56-38-52(70(14,15)16)42-62-64(56)54-24-22-50(68(8,9)10)40-60(54)72(62,19)20/h21-42H,1-20H3. The van der Waals surface area contributed by atoms with Crippen LogP contribution in [0.1, 0.15) is 178 Å². The fraction of sp³-hybridized carbons (Fsp3) is 0.361. The summed E-state index contributed by atoms with van der Waals surface area (Å²) < 4.78 is 0. The van der Waals surface area contributed by atoms with Crippen molar-refractivity contribution in [1.29, 1.82) is 0 Å². The van der Waals surface area contributed by atoms with Gasteiger partial charge in [0.15, 0.2) is 0 Å². The van der Waals surface area contributed by atoms with E-state index in [1.165, 1.54) is 134 Å². The van der Waals surface area contributed by atoms with E-state index < -0.39 is 0 Å². The molecule has 10 rings (SSSR count). The van der Waals surface area contributed by atoms with Gasteiger partial charge in [0.25, 0.3) is 0 Å². The Hall–Kier alpha value is -6.38. The minimum atomic E-state index is -0.138. The molecule has 0 unspecified atom stereocenters. The van der Waals surface area contributed by atoms with Crippen LogP contribution in [-0.2, 0) is 32.5 Å². The molecule has 0 spiro atoms. The minimum Gasteiger partial charge on any atom is -0.323 e. The first kappa shape index (κ1) is 51.1. The van der Waals surface area contributed by atoms with Crippen molar-refractivity contribution in [2.45, 2.75) is 171 Å². The molecule has 2 heterocycles.